The second kappa shape index (κ2) is 4.63. The Morgan fingerprint density at radius 2 is 2.20 bits per heavy atom. The molecular formula is C10H12BrNO3. The molecule has 1 atom stereocenters. The fourth-order valence-corrected chi connectivity index (χ4v) is 1.72. The topological polar surface area (TPSA) is 72.5 Å². The third kappa shape index (κ3) is 2.49. The van der Waals surface area contributed by atoms with Gasteiger partial charge in [0.1, 0.15) is 11.8 Å². The van der Waals surface area contributed by atoms with Gasteiger partial charge in [0, 0.05) is 4.47 Å². The zero-order chi connectivity index (χ0) is 11.6. The van der Waals surface area contributed by atoms with Gasteiger partial charge in [-0.3, -0.25) is 4.79 Å². The van der Waals surface area contributed by atoms with Crippen LogP contribution in [-0.4, -0.2) is 18.2 Å². The van der Waals surface area contributed by atoms with Crippen LogP contribution < -0.4 is 10.5 Å². The van der Waals surface area contributed by atoms with Crippen LogP contribution in [0.5, 0.6) is 5.75 Å². The molecule has 0 amide bonds. The highest BCUT2D eigenvalue weighted by atomic mass is 79.9. The normalized spacial score (nSPS) is 12.3. The summed E-state index contributed by atoms with van der Waals surface area (Å²) in [5.41, 5.74) is 6.95. The second-order valence-corrected chi connectivity index (χ2v) is 3.96. The van der Waals surface area contributed by atoms with E-state index in [9.17, 15) is 4.79 Å². The summed E-state index contributed by atoms with van der Waals surface area (Å²) >= 11 is 3.31. The van der Waals surface area contributed by atoms with Gasteiger partial charge in [-0.25, -0.2) is 0 Å². The van der Waals surface area contributed by atoms with Gasteiger partial charge in [-0.05, 0) is 30.2 Å². The van der Waals surface area contributed by atoms with Crippen LogP contribution in [0.1, 0.15) is 17.2 Å². The van der Waals surface area contributed by atoms with Crippen LogP contribution in [0.4, 0.5) is 0 Å². The number of carboxylic acids is 1. The van der Waals surface area contributed by atoms with Crippen molar-refractivity contribution in [3.05, 3.63) is 27.7 Å². The number of hydrogen-bond acceptors (Lipinski definition) is 3. The Labute approximate surface area is 96.2 Å². The average molecular weight is 274 g/mol. The molecule has 0 aliphatic heterocycles. The molecule has 0 aliphatic carbocycles. The lowest BCUT2D eigenvalue weighted by Gasteiger charge is -2.13. The Morgan fingerprint density at radius 1 is 1.60 bits per heavy atom. The predicted molar refractivity (Wildman–Crippen MR) is 60.0 cm³/mol. The number of hydrogen-bond donors (Lipinski definition) is 2. The zero-order valence-corrected chi connectivity index (χ0v) is 10.0. The van der Waals surface area contributed by atoms with E-state index in [1.807, 2.05) is 13.0 Å². The molecule has 82 valence electrons. The number of carboxylic acid groups (broad SMARTS) is 1. The highest BCUT2D eigenvalue weighted by molar-refractivity contribution is 9.10. The van der Waals surface area contributed by atoms with Gasteiger partial charge in [-0.15, -0.1) is 0 Å². The number of nitrogens with two attached hydrogens (primary N) is 1. The van der Waals surface area contributed by atoms with Crippen molar-refractivity contribution >= 4 is 21.9 Å². The molecule has 3 N–H and O–H groups in total. The van der Waals surface area contributed by atoms with Crippen LogP contribution in [-0.2, 0) is 4.79 Å². The van der Waals surface area contributed by atoms with Crippen LogP contribution in [0.15, 0.2) is 16.6 Å². The van der Waals surface area contributed by atoms with Gasteiger partial charge in [-0.2, -0.15) is 0 Å². The fourth-order valence-electron chi connectivity index (χ4n) is 1.24. The third-order valence-electron chi connectivity index (χ3n) is 2.09. The largest absolute Gasteiger partial charge is 0.497 e. The maximum absolute atomic E-state index is 10.8. The van der Waals surface area contributed by atoms with E-state index in [2.05, 4.69) is 15.9 Å². The molecule has 1 aromatic carbocycles. The quantitative estimate of drug-likeness (QED) is 0.882. The minimum absolute atomic E-state index is 0.513. The summed E-state index contributed by atoms with van der Waals surface area (Å²) < 4.78 is 5.76. The van der Waals surface area contributed by atoms with Crippen molar-refractivity contribution in [2.24, 2.45) is 5.73 Å². The first-order chi connectivity index (χ1) is 6.97. The Hall–Kier alpha value is -1.07. The number of carbonyl (C=O) groups is 1. The molecule has 0 saturated heterocycles. The minimum Gasteiger partial charge on any atom is -0.497 e. The minimum atomic E-state index is -1.07. The van der Waals surface area contributed by atoms with E-state index in [4.69, 9.17) is 15.6 Å². The highest BCUT2D eigenvalue weighted by Crippen LogP contribution is 2.30. The summed E-state index contributed by atoms with van der Waals surface area (Å²) in [5, 5.41) is 8.83. The van der Waals surface area contributed by atoms with Gasteiger partial charge >= 0.3 is 5.97 Å². The molecule has 0 bridgehead atoms. The van der Waals surface area contributed by atoms with Crippen molar-refractivity contribution in [2.45, 2.75) is 13.0 Å². The number of benzene rings is 1. The number of aliphatic carboxylic acids is 1. The Kier molecular flexibility index (Phi) is 3.71. The van der Waals surface area contributed by atoms with Crippen molar-refractivity contribution < 1.29 is 14.6 Å². The van der Waals surface area contributed by atoms with Crippen LogP contribution in [0.25, 0.3) is 0 Å². The Balaban J connectivity index is 3.27. The van der Waals surface area contributed by atoms with Crippen molar-refractivity contribution in [1.29, 1.82) is 0 Å². The maximum Gasteiger partial charge on any atom is 0.325 e. The summed E-state index contributed by atoms with van der Waals surface area (Å²) in [4.78, 5) is 10.8. The smallest absolute Gasteiger partial charge is 0.325 e. The van der Waals surface area contributed by atoms with E-state index in [0.29, 0.717) is 15.8 Å². The van der Waals surface area contributed by atoms with E-state index < -0.39 is 12.0 Å². The van der Waals surface area contributed by atoms with Crippen molar-refractivity contribution in [2.75, 3.05) is 7.11 Å². The highest BCUT2D eigenvalue weighted by Gasteiger charge is 2.19. The predicted octanol–water partition coefficient (Wildman–Crippen LogP) is 1.85. The first-order valence-electron chi connectivity index (χ1n) is 4.29. The standard InChI is InChI=1S/C10H12BrNO3/c1-5-3-6(15-2)4-7(8(5)11)9(12)10(13)14/h3-4,9H,12H2,1-2H3,(H,13,14). The van der Waals surface area contributed by atoms with Gasteiger partial charge in [0.25, 0.3) is 0 Å². The van der Waals surface area contributed by atoms with Crippen molar-refractivity contribution in [3.63, 3.8) is 0 Å². The molecule has 0 spiro atoms. The number of aryl methyl sites for hydroxylation is 1. The Bertz CT molecular complexity index is 392. The molecule has 0 aliphatic rings. The molecule has 1 rings (SSSR count). The molecule has 1 aromatic rings. The van der Waals surface area contributed by atoms with Crippen LogP contribution in [0.2, 0.25) is 0 Å². The Morgan fingerprint density at radius 3 is 2.67 bits per heavy atom. The number of ether oxygens (including phenoxy) is 1. The second-order valence-electron chi connectivity index (χ2n) is 3.16. The average Bonchev–Trinajstić information content (AvgIpc) is 2.20. The van der Waals surface area contributed by atoms with Gasteiger partial charge in [0.05, 0.1) is 7.11 Å². The number of methoxy groups -OCH3 is 1. The lowest BCUT2D eigenvalue weighted by Crippen LogP contribution is -2.21. The van der Waals surface area contributed by atoms with Gasteiger partial charge < -0.3 is 15.6 Å². The molecular weight excluding hydrogens is 262 g/mol. The lowest BCUT2D eigenvalue weighted by molar-refractivity contribution is -0.138. The molecule has 0 saturated carbocycles. The van der Waals surface area contributed by atoms with E-state index in [1.165, 1.54) is 7.11 Å². The van der Waals surface area contributed by atoms with Crippen LogP contribution in [0, 0.1) is 6.92 Å². The van der Waals surface area contributed by atoms with Crippen molar-refractivity contribution in [3.8, 4) is 5.75 Å². The van der Waals surface area contributed by atoms with Gasteiger partial charge in [0.15, 0.2) is 0 Å². The molecule has 0 heterocycles. The van der Waals surface area contributed by atoms with E-state index in [0.717, 1.165) is 5.56 Å². The summed E-state index contributed by atoms with van der Waals surface area (Å²) in [6.45, 7) is 1.85. The monoisotopic (exact) mass is 273 g/mol. The zero-order valence-electron chi connectivity index (χ0n) is 8.45. The van der Waals surface area contributed by atoms with E-state index >= 15 is 0 Å². The fraction of sp³-hybridized carbons (Fsp3) is 0.300. The summed E-state index contributed by atoms with van der Waals surface area (Å²) in [6.07, 6.45) is 0. The van der Waals surface area contributed by atoms with Crippen LogP contribution in [0.3, 0.4) is 0 Å². The number of rotatable bonds is 3. The van der Waals surface area contributed by atoms with Gasteiger partial charge in [0.2, 0.25) is 0 Å². The maximum atomic E-state index is 10.8. The molecule has 0 radical (unpaired) electrons. The summed E-state index contributed by atoms with van der Waals surface area (Å²) in [7, 11) is 1.53. The number of halogens is 1. The molecule has 0 aromatic heterocycles. The van der Waals surface area contributed by atoms with E-state index in [-0.39, 0.29) is 0 Å². The van der Waals surface area contributed by atoms with Crippen LogP contribution >= 0.6 is 15.9 Å². The molecule has 1 unspecified atom stereocenters. The molecule has 5 heteroatoms. The first-order valence-corrected chi connectivity index (χ1v) is 5.09. The molecule has 4 nitrogen and oxygen atoms in total. The first kappa shape index (κ1) is 12.0. The SMILES string of the molecule is COc1cc(C)c(Br)c(C(N)C(=O)O)c1. The lowest BCUT2D eigenvalue weighted by atomic mass is 10.0. The van der Waals surface area contributed by atoms with E-state index in [1.54, 1.807) is 6.07 Å². The van der Waals surface area contributed by atoms with Crippen molar-refractivity contribution in [1.82, 2.24) is 0 Å². The summed E-state index contributed by atoms with van der Waals surface area (Å²) in [5.74, 6) is -0.467. The van der Waals surface area contributed by atoms with Gasteiger partial charge in [-0.1, -0.05) is 15.9 Å². The summed E-state index contributed by atoms with van der Waals surface area (Å²) in [6, 6.07) is 2.38. The third-order valence-corrected chi connectivity index (χ3v) is 3.18. The molecule has 0 fully saturated rings. The molecule has 15 heavy (non-hydrogen) atoms.